The van der Waals surface area contributed by atoms with Gasteiger partial charge in [-0.3, -0.25) is 0 Å². The lowest BCUT2D eigenvalue weighted by atomic mass is 9.75. The highest BCUT2D eigenvalue weighted by Gasteiger charge is 2.31. The van der Waals surface area contributed by atoms with E-state index in [0.29, 0.717) is 19.0 Å². The minimum absolute atomic E-state index is 0.233. The van der Waals surface area contributed by atoms with E-state index in [1.165, 1.54) is 0 Å². The van der Waals surface area contributed by atoms with Crippen LogP contribution in [-0.4, -0.2) is 52.9 Å². The number of amides is 2. The van der Waals surface area contributed by atoms with Gasteiger partial charge in [0.15, 0.2) is 6.04 Å². The summed E-state index contributed by atoms with van der Waals surface area (Å²) in [7, 11) is 0. The summed E-state index contributed by atoms with van der Waals surface area (Å²) in [5.74, 6) is -0.648. The van der Waals surface area contributed by atoms with Crippen molar-refractivity contribution in [3.8, 4) is 0 Å². The number of nitrogens with one attached hydrogen (secondary N) is 1. The lowest BCUT2D eigenvalue weighted by Gasteiger charge is -2.38. The maximum atomic E-state index is 11.9. The molecular weight excluding hydrogens is 248 g/mol. The monoisotopic (exact) mass is 272 g/mol. The zero-order valence-electron chi connectivity index (χ0n) is 11.8. The molecule has 0 radical (unpaired) electrons. The van der Waals surface area contributed by atoms with Crippen LogP contribution >= 0.6 is 0 Å². The lowest BCUT2D eigenvalue weighted by Crippen LogP contribution is -2.52. The molecule has 6 nitrogen and oxygen atoms in total. The van der Waals surface area contributed by atoms with Gasteiger partial charge in [0.25, 0.3) is 0 Å². The number of urea groups is 1. The van der Waals surface area contributed by atoms with Crippen LogP contribution in [0.2, 0.25) is 0 Å². The third-order valence-corrected chi connectivity index (χ3v) is 3.79. The maximum Gasteiger partial charge on any atom is 0.328 e. The molecule has 3 N–H and O–H groups in total. The SMILES string of the molecule is CC(C)(C)C1CCN(C(=O)NC(CO)C(=O)O)CC1. The number of aliphatic hydroxyl groups is 1. The van der Waals surface area contributed by atoms with Crippen molar-refractivity contribution >= 4 is 12.0 Å². The number of carbonyl (C=O) groups excluding carboxylic acids is 1. The molecule has 1 aliphatic rings. The van der Waals surface area contributed by atoms with E-state index in [1.807, 2.05) is 0 Å². The number of hydrogen-bond donors (Lipinski definition) is 3. The van der Waals surface area contributed by atoms with Gasteiger partial charge in [-0.05, 0) is 24.2 Å². The molecule has 19 heavy (non-hydrogen) atoms. The third kappa shape index (κ3) is 4.38. The summed E-state index contributed by atoms with van der Waals surface area (Å²) < 4.78 is 0. The zero-order valence-corrected chi connectivity index (χ0v) is 11.8. The number of piperidine rings is 1. The molecule has 110 valence electrons. The van der Waals surface area contributed by atoms with Crippen LogP contribution in [0.1, 0.15) is 33.6 Å². The highest BCUT2D eigenvalue weighted by atomic mass is 16.4. The number of carbonyl (C=O) groups is 2. The van der Waals surface area contributed by atoms with Crippen molar-refractivity contribution in [2.45, 2.75) is 39.7 Å². The number of rotatable bonds is 3. The molecule has 0 bridgehead atoms. The Hall–Kier alpha value is -1.30. The molecule has 2 amide bonds. The normalized spacial score (nSPS) is 19.1. The van der Waals surface area contributed by atoms with Crippen LogP contribution in [0.15, 0.2) is 0 Å². The average molecular weight is 272 g/mol. The first-order chi connectivity index (χ1) is 8.75. The van der Waals surface area contributed by atoms with Crippen molar-refractivity contribution in [1.29, 1.82) is 0 Å². The van der Waals surface area contributed by atoms with E-state index in [9.17, 15) is 9.59 Å². The van der Waals surface area contributed by atoms with E-state index in [4.69, 9.17) is 10.2 Å². The van der Waals surface area contributed by atoms with Crippen LogP contribution in [0, 0.1) is 11.3 Å². The molecule has 1 fully saturated rings. The van der Waals surface area contributed by atoms with Crippen LogP contribution in [0.25, 0.3) is 0 Å². The Labute approximate surface area is 113 Å². The fourth-order valence-corrected chi connectivity index (χ4v) is 2.37. The van der Waals surface area contributed by atoms with Crippen molar-refractivity contribution in [2.24, 2.45) is 11.3 Å². The number of carboxylic acids is 1. The van der Waals surface area contributed by atoms with E-state index in [-0.39, 0.29) is 5.41 Å². The van der Waals surface area contributed by atoms with Crippen LogP contribution in [-0.2, 0) is 4.79 Å². The lowest BCUT2D eigenvalue weighted by molar-refractivity contribution is -0.140. The van der Waals surface area contributed by atoms with Crippen molar-refractivity contribution in [3.63, 3.8) is 0 Å². The highest BCUT2D eigenvalue weighted by Crippen LogP contribution is 2.34. The largest absolute Gasteiger partial charge is 0.480 e. The highest BCUT2D eigenvalue weighted by molar-refractivity contribution is 5.82. The molecule has 0 aromatic rings. The second-order valence-electron chi connectivity index (χ2n) is 6.15. The van der Waals surface area contributed by atoms with Gasteiger partial charge in [0, 0.05) is 13.1 Å². The van der Waals surface area contributed by atoms with Gasteiger partial charge in [-0.25, -0.2) is 9.59 Å². The van der Waals surface area contributed by atoms with Crippen LogP contribution in [0.3, 0.4) is 0 Å². The molecule has 0 saturated carbocycles. The summed E-state index contributed by atoms with van der Waals surface area (Å²) in [4.78, 5) is 24.2. The minimum atomic E-state index is -1.23. The number of nitrogens with zero attached hydrogens (tertiary/aromatic N) is 1. The molecule has 0 aromatic carbocycles. The Balaban J connectivity index is 2.47. The topological polar surface area (TPSA) is 89.9 Å². The Morgan fingerprint density at radius 3 is 2.21 bits per heavy atom. The van der Waals surface area contributed by atoms with Gasteiger partial charge in [0.1, 0.15) is 0 Å². The fourth-order valence-electron chi connectivity index (χ4n) is 2.37. The fraction of sp³-hybridized carbons (Fsp3) is 0.846. The molecule has 0 spiro atoms. The van der Waals surface area contributed by atoms with Crippen LogP contribution in [0.5, 0.6) is 0 Å². The third-order valence-electron chi connectivity index (χ3n) is 3.79. The van der Waals surface area contributed by atoms with Crippen molar-refractivity contribution in [3.05, 3.63) is 0 Å². The van der Waals surface area contributed by atoms with Crippen molar-refractivity contribution in [1.82, 2.24) is 10.2 Å². The summed E-state index contributed by atoms with van der Waals surface area (Å²) in [5.41, 5.74) is 0.233. The second kappa shape index (κ2) is 6.23. The van der Waals surface area contributed by atoms with E-state index >= 15 is 0 Å². The van der Waals surface area contributed by atoms with E-state index in [1.54, 1.807) is 4.90 Å². The Morgan fingerprint density at radius 2 is 1.84 bits per heavy atom. The van der Waals surface area contributed by atoms with Gasteiger partial charge in [-0.15, -0.1) is 0 Å². The Kier molecular flexibility index (Phi) is 5.17. The first-order valence-electron chi connectivity index (χ1n) is 6.64. The molecule has 0 aromatic heterocycles. The predicted molar refractivity (Wildman–Crippen MR) is 70.8 cm³/mol. The molecule has 1 unspecified atom stereocenters. The van der Waals surface area contributed by atoms with Gasteiger partial charge in [0.05, 0.1) is 6.61 Å². The standard InChI is InChI=1S/C13H24N2O4/c1-13(2,3)9-4-6-15(7-5-9)12(19)14-10(8-16)11(17)18/h9-10,16H,4-8H2,1-3H3,(H,14,19)(H,17,18). The van der Waals surface area contributed by atoms with Crippen molar-refractivity contribution in [2.75, 3.05) is 19.7 Å². The molecular formula is C13H24N2O4. The summed E-state index contributed by atoms with van der Waals surface area (Å²) in [6.45, 7) is 7.25. The number of likely N-dealkylation sites (tertiary alicyclic amines) is 1. The summed E-state index contributed by atoms with van der Waals surface area (Å²) in [5, 5.41) is 20.0. The number of hydrogen-bond acceptors (Lipinski definition) is 3. The van der Waals surface area contributed by atoms with Gasteiger partial charge in [-0.2, -0.15) is 0 Å². The first kappa shape index (κ1) is 15.8. The molecule has 1 saturated heterocycles. The maximum absolute atomic E-state index is 11.9. The molecule has 0 aliphatic carbocycles. The molecule has 1 rings (SSSR count). The molecule has 1 aliphatic heterocycles. The minimum Gasteiger partial charge on any atom is -0.480 e. The number of aliphatic hydroxyl groups excluding tert-OH is 1. The van der Waals surface area contributed by atoms with Gasteiger partial charge in [-0.1, -0.05) is 20.8 Å². The van der Waals surface area contributed by atoms with Gasteiger partial charge in [0.2, 0.25) is 0 Å². The Morgan fingerprint density at radius 1 is 1.32 bits per heavy atom. The summed E-state index contributed by atoms with van der Waals surface area (Å²) in [6.07, 6.45) is 1.85. The van der Waals surface area contributed by atoms with E-state index < -0.39 is 24.6 Å². The molecule has 1 atom stereocenters. The van der Waals surface area contributed by atoms with E-state index in [0.717, 1.165) is 12.8 Å². The van der Waals surface area contributed by atoms with Crippen LogP contribution < -0.4 is 5.32 Å². The Bertz CT molecular complexity index is 330. The van der Waals surface area contributed by atoms with Gasteiger partial charge < -0.3 is 20.4 Å². The quantitative estimate of drug-likeness (QED) is 0.712. The van der Waals surface area contributed by atoms with Gasteiger partial charge >= 0.3 is 12.0 Å². The predicted octanol–water partition coefficient (Wildman–Crippen LogP) is 0.900. The summed E-state index contributed by atoms with van der Waals surface area (Å²) in [6, 6.07) is -1.64. The van der Waals surface area contributed by atoms with Crippen LogP contribution in [0.4, 0.5) is 4.79 Å². The van der Waals surface area contributed by atoms with Crippen molar-refractivity contribution < 1.29 is 19.8 Å². The smallest absolute Gasteiger partial charge is 0.328 e. The number of aliphatic carboxylic acids is 1. The molecule has 6 heteroatoms. The first-order valence-corrected chi connectivity index (χ1v) is 6.64. The van der Waals surface area contributed by atoms with E-state index in [2.05, 4.69) is 26.1 Å². The average Bonchev–Trinajstić information content (AvgIpc) is 2.34. The second-order valence-corrected chi connectivity index (χ2v) is 6.15. The number of carboxylic acid groups (broad SMARTS) is 1. The molecule has 1 heterocycles. The zero-order chi connectivity index (χ0) is 14.6. The summed E-state index contributed by atoms with van der Waals surface area (Å²) >= 11 is 0.